The average molecular weight is 481 g/mol. The molecule has 0 fully saturated rings. The van der Waals surface area contributed by atoms with Crippen LogP contribution in [-0.4, -0.2) is 54.7 Å². The molecule has 1 heterocycles. The molecule has 1 aliphatic rings. The Bertz CT molecular complexity index is 1080. The molecule has 34 heavy (non-hydrogen) atoms. The molecule has 1 aliphatic heterocycles. The van der Waals surface area contributed by atoms with E-state index in [1.807, 2.05) is 78.9 Å². The van der Waals surface area contributed by atoms with Crippen molar-refractivity contribution < 1.29 is 19.4 Å². The summed E-state index contributed by atoms with van der Waals surface area (Å²) in [6, 6.07) is 25.1. The normalized spacial score (nSPS) is 16.1. The van der Waals surface area contributed by atoms with Crippen LogP contribution in [0.5, 0.6) is 11.5 Å². The van der Waals surface area contributed by atoms with E-state index in [4.69, 9.17) is 25.9 Å². The van der Waals surface area contributed by atoms with Crippen molar-refractivity contribution in [2.45, 2.75) is 25.2 Å². The van der Waals surface area contributed by atoms with Crippen LogP contribution in [0.2, 0.25) is 5.02 Å². The molecule has 178 valence electrons. The largest absolute Gasteiger partial charge is 0.497 e. The van der Waals surface area contributed by atoms with Gasteiger partial charge in [0.2, 0.25) is 0 Å². The first-order valence-electron chi connectivity index (χ1n) is 11.3. The van der Waals surface area contributed by atoms with Gasteiger partial charge < -0.3 is 19.4 Å². The molecule has 7 heteroatoms. The summed E-state index contributed by atoms with van der Waals surface area (Å²) in [5, 5.41) is 15.7. The van der Waals surface area contributed by atoms with Crippen LogP contribution in [0.1, 0.15) is 17.5 Å². The lowest BCUT2D eigenvalue weighted by Crippen LogP contribution is -2.39. The van der Waals surface area contributed by atoms with E-state index < -0.39 is 6.10 Å². The fraction of sp³-hybridized carbons (Fsp3) is 0.296. The van der Waals surface area contributed by atoms with Gasteiger partial charge in [0.15, 0.2) is 0 Å². The number of hydrogen-bond acceptors (Lipinski definition) is 6. The quantitative estimate of drug-likeness (QED) is 0.427. The molecular formula is C27H29ClN2O4. The molecule has 0 saturated carbocycles. The van der Waals surface area contributed by atoms with Gasteiger partial charge in [0.1, 0.15) is 30.3 Å². The highest BCUT2D eigenvalue weighted by Gasteiger charge is 2.26. The highest BCUT2D eigenvalue weighted by atomic mass is 35.5. The second-order valence-corrected chi connectivity index (χ2v) is 8.74. The van der Waals surface area contributed by atoms with E-state index in [1.165, 1.54) is 0 Å². The Balaban J connectivity index is 1.39. The number of halogens is 1. The summed E-state index contributed by atoms with van der Waals surface area (Å²) >= 11 is 6.01. The predicted molar refractivity (Wildman–Crippen MR) is 134 cm³/mol. The Hall–Kier alpha value is -3.06. The summed E-state index contributed by atoms with van der Waals surface area (Å²) in [7, 11) is 1.66. The van der Waals surface area contributed by atoms with Crippen LogP contribution in [0.4, 0.5) is 0 Å². The van der Waals surface area contributed by atoms with Crippen LogP contribution in [0.25, 0.3) is 0 Å². The second kappa shape index (κ2) is 11.9. The molecule has 2 unspecified atom stereocenters. The molecule has 0 saturated heterocycles. The summed E-state index contributed by atoms with van der Waals surface area (Å²) in [6.45, 7) is 1.88. The number of hydrogen-bond donors (Lipinski definition) is 1. The van der Waals surface area contributed by atoms with E-state index in [0.717, 1.165) is 28.3 Å². The van der Waals surface area contributed by atoms with Crippen molar-refractivity contribution in [1.82, 2.24) is 4.90 Å². The van der Waals surface area contributed by atoms with Crippen LogP contribution in [-0.2, 0) is 11.4 Å². The monoisotopic (exact) mass is 480 g/mol. The zero-order valence-corrected chi connectivity index (χ0v) is 19.9. The van der Waals surface area contributed by atoms with Crippen LogP contribution < -0.4 is 9.47 Å². The lowest BCUT2D eigenvalue weighted by atomic mass is 10.0. The predicted octanol–water partition coefficient (Wildman–Crippen LogP) is 4.78. The fourth-order valence-electron chi connectivity index (χ4n) is 3.92. The van der Waals surface area contributed by atoms with Crippen molar-refractivity contribution in [2.24, 2.45) is 5.16 Å². The van der Waals surface area contributed by atoms with Crippen molar-refractivity contribution in [3.8, 4) is 11.5 Å². The van der Waals surface area contributed by atoms with E-state index >= 15 is 0 Å². The van der Waals surface area contributed by atoms with Gasteiger partial charge in [-0.3, -0.25) is 4.90 Å². The van der Waals surface area contributed by atoms with Gasteiger partial charge in [-0.15, -0.1) is 0 Å². The van der Waals surface area contributed by atoms with Crippen LogP contribution in [0.15, 0.2) is 84.0 Å². The average Bonchev–Trinajstić information content (AvgIpc) is 3.32. The lowest BCUT2D eigenvalue weighted by Gasteiger charge is -2.27. The van der Waals surface area contributed by atoms with E-state index in [-0.39, 0.29) is 12.7 Å². The zero-order valence-electron chi connectivity index (χ0n) is 19.1. The molecular weight excluding hydrogens is 452 g/mol. The second-order valence-electron chi connectivity index (χ2n) is 8.30. The minimum absolute atomic E-state index is 0.112. The molecule has 4 rings (SSSR count). The van der Waals surface area contributed by atoms with Crippen molar-refractivity contribution in [1.29, 1.82) is 0 Å². The Morgan fingerprint density at radius 3 is 2.59 bits per heavy atom. The van der Waals surface area contributed by atoms with Gasteiger partial charge in [0.25, 0.3) is 0 Å². The van der Waals surface area contributed by atoms with E-state index in [1.54, 1.807) is 7.11 Å². The smallest absolute Gasteiger partial charge is 0.145 e. The van der Waals surface area contributed by atoms with Crippen LogP contribution in [0, 0.1) is 0 Å². The molecule has 0 aromatic heterocycles. The third kappa shape index (κ3) is 6.97. The number of ether oxygens (including phenoxy) is 2. The third-order valence-electron chi connectivity index (χ3n) is 5.57. The Kier molecular flexibility index (Phi) is 8.41. The summed E-state index contributed by atoms with van der Waals surface area (Å²) in [5.41, 5.74) is 2.99. The first kappa shape index (κ1) is 24.1. The molecule has 0 amide bonds. The minimum Gasteiger partial charge on any atom is -0.497 e. The third-order valence-corrected chi connectivity index (χ3v) is 5.82. The molecule has 0 spiro atoms. The highest BCUT2D eigenvalue weighted by molar-refractivity contribution is 6.30. The van der Waals surface area contributed by atoms with Crippen molar-refractivity contribution in [2.75, 3.05) is 26.8 Å². The zero-order chi connectivity index (χ0) is 23.8. The fourth-order valence-corrected chi connectivity index (χ4v) is 4.05. The SMILES string of the molecule is COc1cccc(CN(CC(O)COc2ccccc2)CC2CC(c3ccc(Cl)cc3)=NO2)c1. The maximum absolute atomic E-state index is 10.7. The minimum atomic E-state index is -0.663. The lowest BCUT2D eigenvalue weighted by molar-refractivity contribution is 0.0213. The van der Waals surface area contributed by atoms with E-state index in [0.29, 0.717) is 31.1 Å². The summed E-state index contributed by atoms with van der Waals surface area (Å²) in [6.07, 6.45) is -0.0882. The molecule has 0 aliphatic carbocycles. The van der Waals surface area contributed by atoms with Gasteiger partial charge in [-0.2, -0.15) is 0 Å². The number of oxime groups is 1. The van der Waals surface area contributed by atoms with Crippen molar-refractivity contribution in [3.05, 3.63) is 95.0 Å². The van der Waals surface area contributed by atoms with Gasteiger partial charge in [-0.1, -0.05) is 59.2 Å². The Morgan fingerprint density at radius 2 is 1.82 bits per heavy atom. The van der Waals surface area contributed by atoms with Crippen LogP contribution in [0.3, 0.4) is 0 Å². The number of nitrogens with zero attached hydrogens (tertiary/aromatic N) is 2. The van der Waals surface area contributed by atoms with Crippen LogP contribution >= 0.6 is 11.6 Å². The van der Waals surface area contributed by atoms with Gasteiger partial charge in [0.05, 0.1) is 12.8 Å². The summed E-state index contributed by atoms with van der Waals surface area (Å²) in [5.74, 6) is 1.54. The maximum atomic E-state index is 10.7. The Labute approximate surface area is 205 Å². The molecule has 3 aromatic rings. The van der Waals surface area contributed by atoms with Gasteiger partial charge in [0, 0.05) is 31.1 Å². The highest BCUT2D eigenvalue weighted by Crippen LogP contribution is 2.21. The molecule has 0 radical (unpaired) electrons. The van der Waals surface area contributed by atoms with Crippen molar-refractivity contribution >= 4 is 17.3 Å². The first-order valence-corrected chi connectivity index (χ1v) is 11.7. The number of rotatable bonds is 11. The number of aliphatic hydroxyl groups excluding tert-OH is 1. The number of benzene rings is 3. The summed E-state index contributed by atoms with van der Waals surface area (Å²) < 4.78 is 11.1. The summed E-state index contributed by atoms with van der Waals surface area (Å²) in [4.78, 5) is 7.92. The maximum Gasteiger partial charge on any atom is 0.145 e. The van der Waals surface area contributed by atoms with E-state index in [2.05, 4.69) is 10.1 Å². The Morgan fingerprint density at radius 1 is 1.06 bits per heavy atom. The topological polar surface area (TPSA) is 63.5 Å². The molecule has 2 atom stereocenters. The van der Waals surface area contributed by atoms with Gasteiger partial charge in [-0.25, -0.2) is 0 Å². The first-order chi connectivity index (χ1) is 16.6. The van der Waals surface area contributed by atoms with E-state index in [9.17, 15) is 5.11 Å². The standard InChI is InChI=1S/C27H29ClN2O4/c1-32-25-9-5-6-20(14-25)16-30(17-23(31)19-33-24-7-3-2-4-8-24)18-26-15-27(29-34-26)21-10-12-22(28)13-11-21/h2-14,23,26,31H,15-19H2,1H3. The molecule has 1 N–H and O–H groups in total. The molecule has 0 bridgehead atoms. The van der Waals surface area contributed by atoms with Gasteiger partial charge >= 0.3 is 0 Å². The number of aliphatic hydroxyl groups is 1. The molecule has 3 aromatic carbocycles. The van der Waals surface area contributed by atoms with Gasteiger partial charge in [-0.05, 0) is 47.5 Å². The van der Waals surface area contributed by atoms with Crippen molar-refractivity contribution in [3.63, 3.8) is 0 Å². The molecule has 6 nitrogen and oxygen atoms in total. The number of para-hydroxylation sites is 1. The number of methoxy groups -OCH3 is 1.